The van der Waals surface area contributed by atoms with E-state index in [2.05, 4.69) is 18.7 Å². The van der Waals surface area contributed by atoms with E-state index >= 15 is 0 Å². The molecule has 1 fully saturated rings. The van der Waals surface area contributed by atoms with Crippen LogP contribution in [0, 0.1) is 5.92 Å². The first-order valence-corrected chi connectivity index (χ1v) is 5.30. The lowest BCUT2D eigenvalue weighted by atomic mass is 9.95. The molecule has 0 saturated carbocycles. The summed E-state index contributed by atoms with van der Waals surface area (Å²) in [5.74, 6) is 1.17. The minimum absolute atomic E-state index is 0.0498. The Morgan fingerprint density at radius 2 is 2.07 bits per heavy atom. The number of hydrogen-bond acceptors (Lipinski definition) is 2. The molecule has 0 radical (unpaired) electrons. The van der Waals surface area contributed by atoms with Gasteiger partial charge < -0.3 is 9.84 Å². The van der Waals surface area contributed by atoms with Crippen LogP contribution in [0.3, 0.4) is 0 Å². The molecule has 2 nitrogen and oxygen atoms in total. The first-order chi connectivity index (χ1) is 7.29. The van der Waals surface area contributed by atoms with Crippen molar-refractivity contribution >= 4 is 0 Å². The Hall–Kier alpha value is -1.28. The number of ether oxygens (including phenoxy) is 1. The monoisotopic (exact) mass is 204 g/mol. The molecule has 2 heteroatoms. The van der Waals surface area contributed by atoms with Crippen molar-refractivity contribution in [2.45, 2.75) is 18.9 Å². The largest absolute Gasteiger partial charge is 0.493 e. The van der Waals surface area contributed by atoms with Crippen molar-refractivity contribution in [2.75, 3.05) is 6.61 Å². The number of allylic oxidation sites excluding steroid dienone is 1. The molecule has 0 bridgehead atoms. The predicted octanol–water partition coefficient (Wildman–Crippen LogP) is 2.14. The minimum Gasteiger partial charge on any atom is -0.493 e. The van der Waals surface area contributed by atoms with Gasteiger partial charge in [-0.1, -0.05) is 36.9 Å². The molecule has 2 rings (SSSR count). The van der Waals surface area contributed by atoms with Crippen LogP contribution in [0.4, 0.5) is 0 Å². The van der Waals surface area contributed by atoms with Gasteiger partial charge in [0.05, 0.1) is 12.4 Å². The molecular weight excluding hydrogens is 188 g/mol. The van der Waals surface area contributed by atoms with Gasteiger partial charge in [-0.2, -0.15) is 0 Å². The Morgan fingerprint density at radius 1 is 1.33 bits per heavy atom. The number of aliphatic hydroxyl groups excluding tert-OH is 1. The van der Waals surface area contributed by atoms with E-state index < -0.39 is 0 Å². The summed E-state index contributed by atoms with van der Waals surface area (Å²) < 4.78 is 5.45. The lowest BCUT2D eigenvalue weighted by molar-refractivity contribution is 0.0920. The van der Waals surface area contributed by atoms with Gasteiger partial charge in [0.15, 0.2) is 0 Å². The fourth-order valence-corrected chi connectivity index (χ4v) is 2.01. The van der Waals surface area contributed by atoms with Crippen LogP contribution in [0.1, 0.15) is 12.0 Å². The minimum atomic E-state index is -0.0498. The molecular formula is C13H16O2. The van der Waals surface area contributed by atoms with Crippen LogP contribution in [-0.4, -0.2) is 17.8 Å². The highest BCUT2D eigenvalue weighted by atomic mass is 16.5. The second-order valence-corrected chi connectivity index (χ2v) is 4.01. The third-order valence-corrected chi connectivity index (χ3v) is 2.85. The lowest BCUT2D eigenvalue weighted by Crippen LogP contribution is -2.10. The molecule has 1 aliphatic heterocycles. The first-order valence-electron chi connectivity index (χ1n) is 5.30. The smallest absolute Gasteiger partial charge is 0.122 e. The van der Waals surface area contributed by atoms with Gasteiger partial charge in [0, 0.05) is 5.92 Å². The van der Waals surface area contributed by atoms with E-state index in [1.165, 1.54) is 5.56 Å². The number of aliphatic hydroxyl groups is 1. The highest BCUT2D eigenvalue weighted by Gasteiger charge is 2.28. The second kappa shape index (κ2) is 4.49. The van der Waals surface area contributed by atoms with E-state index in [0.29, 0.717) is 5.92 Å². The molecule has 1 aliphatic rings. The molecule has 1 aromatic rings. The molecule has 1 heterocycles. The SMILES string of the molecule is C=C1O[C@H](CO)C[C@H]1Cc1ccccc1. The standard InChI is InChI=1S/C13H16O2/c1-10-12(8-13(9-14)15-10)7-11-5-3-2-4-6-11/h2-6,12-14H,1,7-9H2/t12-,13+/m1/s1. The molecule has 2 atom stereocenters. The van der Waals surface area contributed by atoms with E-state index in [4.69, 9.17) is 9.84 Å². The summed E-state index contributed by atoms with van der Waals surface area (Å²) >= 11 is 0. The van der Waals surface area contributed by atoms with Crippen molar-refractivity contribution in [2.24, 2.45) is 5.92 Å². The van der Waals surface area contributed by atoms with Crippen LogP contribution in [0.25, 0.3) is 0 Å². The maximum Gasteiger partial charge on any atom is 0.122 e. The van der Waals surface area contributed by atoms with Crippen LogP contribution < -0.4 is 0 Å². The maximum atomic E-state index is 9.00. The third-order valence-electron chi connectivity index (χ3n) is 2.85. The Labute approximate surface area is 90.2 Å². The first kappa shape index (κ1) is 10.2. The molecule has 15 heavy (non-hydrogen) atoms. The van der Waals surface area contributed by atoms with E-state index in [-0.39, 0.29) is 12.7 Å². The summed E-state index contributed by atoms with van der Waals surface area (Å²) in [5, 5.41) is 9.00. The normalized spacial score (nSPS) is 25.3. The highest BCUT2D eigenvalue weighted by Crippen LogP contribution is 2.31. The van der Waals surface area contributed by atoms with Gasteiger partial charge in [0.1, 0.15) is 6.10 Å². The molecule has 1 aromatic carbocycles. The van der Waals surface area contributed by atoms with E-state index in [0.717, 1.165) is 18.6 Å². The quantitative estimate of drug-likeness (QED) is 0.817. The van der Waals surface area contributed by atoms with Crippen LogP contribution in [0.2, 0.25) is 0 Å². The fraction of sp³-hybridized carbons (Fsp3) is 0.385. The van der Waals surface area contributed by atoms with Gasteiger partial charge in [-0.25, -0.2) is 0 Å². The van der Waals surface area contributed by atoms with Crippen molar-refractivity contribution in [1.29, 1.82) is 0 Å². The Balaban J connectivity index is 1.99. The van der Waals surface area contributed by atoms with Crippen molar-refractivity contribution in [3.05, 3.63) is 48.2 Å². The average Bonchev–Trinajstić information content (AvgIpc) is 2.61. The van der Waals surface area contributed by atoms with Gasteiger partial charge in [-0.15, -0.1) is 0 Å². The van der Waals surface area contributed by atoms with E-state index in [1.54, 1.807) is 0 Å². The van der Waals surface area contributed by atoms with Crippen molar-refractivity contribution in [1.82, 2.24) is 0 Å². The Morgan fingerprint density at radius 3 is 2.67 bits per heavy atom. The molecule has 1 saturated heterocycles. The zero-order chi connectivity index (χ0) is 10.7. The number of hydrogen-bond donors (Lipinski definition) is 1. The van der Waals surface area contributed by atoms with Crippen molar-refractivity contribution in [3.8, 4) is 0 Å². The van der Waals surface area contributed by atoms with Crippen LogP contribution in [-0.2, 0) is 11.2 Å². The third kappa shape index (κ3) is 2.39. The van der Waals surface area contributed by atoms with Crippen LogP contribution in [0.15, 0.2) is 42.7 Å². The van der Waals surface area contributed by atoms with Gasteiger partial charge in [0.2, 0.25) is 0 Å². The van der Waals surface area contributed by atoms with E-state index in [1.807, 2.05) is 18.2 Å². The van der Waals surface area contributed by atoms with Gasteiger partial charge >= 0.3 is 0 Å². The topological polar surface area (TPSA) is 29.5 Å². The van der Waals surface area contributed by atoms with Crippen LogP contribution in [0.5, 0.6) is 0 Å². The summed E-state index contributed by atoms with van der Waals surface area (Å²) in [6.07, 6.45) is 1.78. The summed E-state index contributed by atoms with van der Waals surface area (Å²) in [6.45, 7) is 3.98. The number of rotatable bonds is 3. The zero-order valence-corrected chi connectivity index (χ0v) is 8.73. The summed E-state index contributed by atoms with van der Waals surface area (Å²) in [5.41, 5.74) is 1.30. The molecule has 0 aliphatic carbocycles. The second-order valence-electron chi connectivity index (χ2n) is 4.01. The molecule has 0 aromatic heterocycles. The van der Waals surface area contributed by atoms with Crippen LogP contribution >= 0.6 is 0 Å². The molecule has 80 valence electrons. The molecule has 0 amide bonds. The maximum absolute atomic E-state index is 9.00. The van der Waals surface area contributed by atoms with Gasteiger partial charge in [-0.05, 0) is 18.4 Å². The Bertz CT molecular complexity index is 332. The fourth-order valence-electron chi connectivity index (χ4n) is 2.01. The van der Waals surface area contributed by atoms with Gasteiger partial charge in [0.25, 0.3) is 0 Å². The Kier molecular flexibility index (Phi) is 3.07. The zero-order valence-electron chi connectivity index (χ0n) is 8.73. The molecule has 0 spiro atoms. The predicted molar refractivity (Wildman–Crippen MR) is 59.4 cm³/mol. The van der Waals surface area contributed by atoms with Crippen molar-refractivity contribution in [3.63, 3.8) is 0 Å². The summed E-state index contributed by atoms with van der Waals surface area (Å²) in [6, 6.07) is 10.3. The lowest BCUT2D eigenvalue weighted by Gasteiger charge is -2.07. The summed E-state index contributed by atoms with van der Waals surface area (Å²) in [4.78, 5) is 0. The molecule has 1 N–H and O–H groups in total. The average molecular weight is 204 g/mol. The van der Waals surface area contributed by atoms with Crippen molar-refractivity contribution < 1.29 is 9.84 Å². The number of benzene rings is 1. The summed E-state index contributed by atoms with van der Waals surface area (Å²) in [7, 11) is 0. The highest BCUT2D eigenvalue weighted by molar-refractivity contribution is 5.17. The molecule has 0 unspecified atom stereocenters. The van der Waals surface area contributed by atoms with Gasteiger partial charge in [-0.3, -0.25) is 0 Å². The van der Waals surface area contributed by atoms with E-state index in [9.17, 15) is 0 Å².